The van der Waals surface area contributed by atoms with E-state index in [0.717, 1.165) is 21.9 Å². The summed E-state index contributed by atoms with van der Waals surface area (Å²) in [4.78, 5) is 7.19. The van der Waals surface area contributed by atoms with Gasteiger partial charge in [-0.2, -0.15) is 0 Å². The molecule has 0 N–H and O–H groups in total. The van der Waals surface area contributed by atoms with Crippen LogP contribution in [0.5, 0.6) is 0 Å². The SMILES string of the molecule is c1ccc(N=c2sc(-c3ccccc3)c(-c3ccccc3)n2-c2ccccc2)cc1. The predicted molar refractivity (Wildman–Crippen MR) is 126 cm³/mol. The summed E-state index contributed by atoms with van der Waals surface area (Å²) in [6.07, 6.45) is 0. The summed E-state index contributed by atoms with van der Waals surface area (Å²) in [5, 5.41) is 0. The van der Waals surface area contributed by atoms with Crippen LogP contribution < -0.4 is 4.80 Å². The van der Waals surface area contributed by atoms with Crippen molar-refractivity contribution in [1.82, 2.24) is 4.57 Å². The van der Waals surface area contributed by atoms with Gasteiger partial charge in [0, 0.05) is 11.3 Å². The van der Waals surface area contributed by atoms with E-state index in [2.05, 4.69) is 89.5 Å². The summed E-state index contributed by atoms with van der Waals surface area (Å²) in [6.45, 7) is 0. The Labute approximate surface area is 180 Å². The predicted octanol–water partition coefficient (Wildman–Crippen LogP) is 7.11. The molecule has 0 spiro atoms. The zero-order valence-corrected chi connectivity index (χ0v) is 17.2. The maximum atomic E-state index is 5.03. The van der Waals surface area contributed by atoms with Gasteiger partial charge in [0.05, 0.1) is 16.3 Å². The van der Waals surface area contributed by atoms with Crippen LogP contribution in [0.3, 0.4) is 0 Å². The number of aromatic nitrogens is 1. The van der Waals surface area contributed by atoms with Crippen LogP contribution in [0.25, 0.3) is 27.4 Å². The fourth-order valence-electron chi connectivity index (χ4n) is 3.53. The second-order valence-electron chi connectivity index (χ2n) is 6.91. The third kappa shape index (κ3) is 3.63. The minimum Gasteiger partial charge on any atom is -0.284 e. The van der Waals surface area contributed by atoms with Crippen molar-refractivity contribution in [3.8, 4) is 27.4 Å². The highest BCUT2D eigenvalue weighted by Crippen LogP contribution is 2.36. The summed E-state index contributed by atoms with van der Waals surface area (Å²) >= 11 is 1.72. The molecule has 0 unspecified atom stereocenters. The Morgan fingerprint density at radius 2 is 1.03 bits per heavy atom. The number of hydrogen-bond donors (Lipinski definition) is 0. The average Bonchev–Trinajstić information content (AvgIpc) is 3.20. The molecule has 0 aliphatic rings. The molecule has 5 aromatic rings. The average molecular weight is 405 g/mol. The van der Waals surface area contributed by atoms with Crippen LogP contribution in [0.15, 0.2) is 126 Å². The van der Waals surface area contributed by atoms with Gasteiger partial charge in [0.25, 0.3) is 0 Å². The van der Waals surface area contributed by atoms with Gasteiger partial charge >= 0.3 is 0 Å². The van der Waals surface area contributed by atoms with Gasteiger partial charge in [-0.1, -0.05) is 108 Å². The minimum atomic E-state index is 0.947. The molecule has 4 aromatic carbocycles. The topological polar surface area (TPSA) is 17.3 Å². The summed E-state index contributed by atoms with van der Waals surface area (Å²) < 4.78 is 2.27. The van der Waals surface area contributed by atoms with Gasteiger partial charge in [-0.05, 0) is 29.8 Å². The fraction of sp³-hybridized carbons (Fsp3) is 0. The van der Waals surface area contributed by atoms with Crippen LogP contribution in [0.2, 0.25) is 0 Å². The van der Waals surface area contributed by atoms with Gasteiger partial charge in [-0.3, -0.25) is 4.57 Å². The molecule has 0 fully saturated rings. The Bertz CT molecular complexity index is 1300. The van der Waals surface area contributed by atoms with Gasteiger partial charge < -0.3 is 0 Å². The van der Waals surface area contributed by atoms with Crippen molar-refractivity contribution in [2.45, 2.75) is 0 Å². The normalized spacial score (nSPS) is 11.5. The number of hydrogen-bond acceptors (Lipinski definition) is 2. The van der Waals surface area contributed by atoms with Gasteiger partial charge in [0.15, 0.2) is 4.80 Å². The summed E-state index contributed by atoms with van der Waals surface area (Å²) in [5.74, 6) is 0. The Kier molecular flexibility index (Phi) is 5.11. The van der Waals surface area contributed by atoms with Crippen LogP contribution >= 0.6 is 11.3 Å². The van der Waals surface area contributed by atoms with E-state index >= 15 is 0 Å². The molecule has 0 bridgehead atoms. The van der Waals surface area contributed by atoms with Crippen molar-refractivity contribution in [2.24, 2.45) is 4.99 Å². The van der Waals surface area contributed by atoms with Crippen molar-refractivity contribution < 1.29 is 0 Å². The maximum absolute atomic E-state index is 5.03. The van der Waals surface area contributed by atoms with E-state index in [9.17, 15) is 0 Å². The quantitative estimate of drug-likeness (QED) is 0.304. The van der Waals surface area contributed by atoms with E-state index in [1.807, 2.05) is 36.4 Å². The van der Waals surface area contributed by atoms with E-state index < -0.39 is 0 Å². The van der Waals surface area contributed by atoms with Gasteiger partial charge in [0.2, 0.25) is 0 Å². The molecular formula is C27H20N2S. The molecule has 0 radical (unpaired) electrons. The lowest BCUT2D eigenvalue weighted by molar-refractivity contribution is 1.01. The number of benzene rings is 4. The Morgan fingerprint density at radius 3 is 1.63 bits per heavy atom. The second-order valence-corrected chi connectivity index (χ2v) is 7.89. The largest absolute Gasteiger partial charge is 0.284 e. The first-order valence-corrected chi connectivity index (χ1v) is 10.7. The van der Waals surface area contributed by atoms with Crippen molar-refractivity contribution in [3.05, 3.63) is 126 Å². The van der Waals surface area contributed by atoms with Crippen LogP contribution in [0.4, 0.5) is 5.69 Å². The maximum Gasteiger partial charge on any atom is 0.195 e. The number of thiazole rings is 1. The lowest BCUT2D eigenvalue weighted by Gasteiger charge is -2.11. The Morgan fingerprint density at radius 1 is 0.533 bits per heavy atom. The first-order valence-electron chi connectivity index (χ1n) is 9.92. The van der Waals surface area contributed by atoms with E-state index in [-0.39, 0.29) is 0 Å². The molecule has 0 saturated heterocycles. The lowest BCUT2D eigenvalue weighted by atomic mass is 10.1. The summed E-state index contributed by atoms with van der Waals surface area (Å²) in [6, 6.07) is 41.7. The third-order valence-electron chi connectivity index (χ3n) is 4.90. The molecule has 144 valence electrons. The van der Waals surface area contributed by atoms with Gasteiger partial charge in [-0.15, -0.1) is 0 Å². The number of rotatable bonds is 4. The van der Waals surface area contributed by atoms with Crippen molar-refractivity contribution in [2.75, 3.05) is 0 Å². The van der Waals surface area contributed by atoms with E-state index in [0.29, 0.717) is 0 Å². The molecule has 0 aliphatic carbocycles. The highest BCUT2D eigenvalue weighted by atomic mass is 32.1. The molecule has 30 heavy (non-hydrogen) atoms. The molecule has 0 amide bonds. The van der Waals surface area contributed by atoms with Crippen LogP contribution in [-0.4, -0.2) is 4.57 Å². The molecule has 0 aliphatic heterocycles. The van der Waals surface area contributed by atoms with E-state index in [1.54, 1.807) is 11.3 Å². The van der Waals surface area contributed by atoms with Crippen molar-refractivity contribution >= 4 is 17.0 Å². The second kappa shape index (κ2) is 8.36. The van der Waals surface area contributed by atoms with Crippen molar-refractivity contribution in [3.63, 3.8) is 0 Å². The molecule has 2 nitrogen and oxygen atoms in total. The number of para-hydroxylation sites is 2. The molecule has 0 atom stereocenters. The van der Waals surface area contributed by atoms with Crippen LogP contribution in [-0.2, 0) is 0 Å². The zero-order valence-electron chi connectivity index (χ0n) is 16.3. The van der Waals surface area contributed by atoms with E-state index in [1.165, 1.54) is 16.0 Å². The monoisotopic (exact) mass is 404 g/mol. The molecular weight excluding hydrogens is 384 g/mol. The van der Waals surface area contributed by atoms with Crippen LogP contribution in [0.1, 0.15) is 0 Å². The van der Waals surface area contributed by atoms with Crippen molar-refractivity contribution in [1.29, 1.82) is 0 Å². The first kappa shape index (κ1) is 18.3. The first-order chi connectivity index (χ1) is 14.9. The molecule has 1 heterocycles. The van der Waals surface area contributed by atoms with Crippen LogP contribution in [0, 0.1) is 0 Å². The fourth-order valence-corrected chi connectivity index (χ4v) is 4.71. The zero-order chi connectivity index (χ0) is 20.2. The molecule has 3 heteroatoms. The summed E-state index contributed by atoms with van der Waals surface area (Å²) in [5.41, 5.74) is 5.58. The smallest absolute Gasteiger partial charge is 0.195 e. The molecule has 5 rings (SSSR count). The van der Waals surface area contributed by atoms with E-state index in [4.69, 9.17) is 4.99 Å². The highest BCUT2D eigenvalue weighted by molar-refractivity contribution is 7.13. The molecule has 1 aromatic heterocycles. The standard InChI is InChI=1S/C27H20N2S/c1-5-13-21(14-6-1)25-26(22-15-7-2-8-16-22)30-27(28-23-17-9-3-10-18-23)29(25)24-19-11-4-12-20-24/h1-20H. The lowest BCUT2D eigenvalue weighted by Crippen LogP contribution is -2.13. The Balaban J connectivity index is 1.88. The van der Waals surface area contributed by atoms with Gasteiger partial charge in [0.1, 0.15) is 0 Å². The Hall–Kier alpha value is -3.69. The highest BCUT2D eigenvalue weighted by Gasteiger charge is 2.18. The van der Waals surface area contributed by atoms with Gasteiger partial charge in [-0.25, -0.2) is 4.99 Å². The molecule has 0 saturated carbocycles. The number of nitrogens with zero attached hydrogens (tertiary/aromatic N) is 2. The minimum absolute atomic E-state index is 0.947. The third-order valence-corrected chi connectivity index (χ3v) is 5.99. The summed E-state index contributed by atoms with van der Waals surface area (Å²) in [7, 11) is 0.